The van der Waals surface area contributed by atoms with E-state index < -0.39 is 37.4 Å². The number of rotatable bonds is 7. The Bertz CT molecular complexity index is 1790. The molecule has 14 heteroatoms. The molecule has 0 fully saturated rings. The number of nitrogens with zero attached hydrogens (tertiary/aromatic N) is 1. The van der Waals surface area contributed by atoms with Crippen molar-refractivity contribution in [3.05, 3.63) is 129 Å². The van der Waals surface area contributed by atoms with E-state index >= 15 is 0 Å². The molecule has 43 heavy (non-hydrogen) atoms. The van der Waals surface area contributed by atoms with E-state index in [1.807, 2.05) is 13.8 Å². The molecule has 0 aliphatic carbocycles. The lowest BCUT2D eigenvalue weighted by atomic mass is 10.2. The summed E-state index contributed by atoms with van der Waals surface area (Å²) in [6.45, 7) is 3.76. The number of hydrogen-bond donors (Lipinski definition) is 2. The Morgan fingerprint density at radius 2 is 1.19 bits per heavy atom. The average molecular weight is 671 g/mol. The van der Waals surface area contributed by atoms with Gasteiger partial charge in [0.25, 0.3) is 10.0 Å². The standard InChI is InChI=1S/C15H13ClFNO2S.C7H4ClFO.C7H10N2O2S/c1-11-2-5-14(6-3-11)21(19,20)10-18-9-12-8-13(17)4-7-15(12)16;8-7-2-1-6(9)3-5(7)4-10;1-6-2-4-7(5-3-6)12(10,11)9-8/h2-9H,10H2,1H3;1-4H;2-5,9H,8H2,1H3. The number of aryl methyl sites for hydroxylation is 2. The summed E-state index contributed by atoms with van der Waals surface area (Å²) in [4.78, 5) is 16.1. The molecule has 0 atom stereocenters. The van der Waals surface area contributed by atoms with Crippen molar-refractivity contribution >= 4 is 55.6 Å². The molecule has 4 aromatic carbocycles. The summed E-state index contributed by atoms with van der Waals surface area (Å²) in [5, 5.41) is 0.587. The maximum absolute atomic E-state index is 13.1. The first-order chi connectivity index (χ1) is 20.2. The summed E-state index contributed by atoms with van der Waals surface area (Å²) < 4.78 is 71.7. The second-order valence-electron chi connectivity index (χ2n) is 8.75. The topological polar surface area (TPSA) is 136 Å². The minimum absolute atomic E-state index is 0.176. The zero-order valence-corrected chi connectivity index (χ0v) is 26.0. The van der Waals surface area contributed by atoms with Crippen LogP contribution < -0.4 is 10.7 Å². The third-order valence-corrected chi connectivity index (χ3v) is 8.76. The van der Waals surface area contributed by atoms with E-state index in [4.69, 9.17) is 29.0 Å². The highest BCUT2D eigenvalue weighted by Crippen LogP contribution is 2.17. The SMILES string of the molecule is Cc1ccc(S(=O)(=O)CN=Cc2cc(F)ccc2Cl)cc1.Cc1ccc(S(=O)(=O)NN)cc1.O=Cc1cc(F)ccc1Cl. The van der Waals surface area contributed by atoms with Crippen LogP contribution >= 0.6 is 23.2 Å². The van der Waals surface area contributed by atoms with Crippen LogP contribution in [0.4, 0.5) is 8.78 Å². The number of benzene rings is 4. The van der Waals surface area contributed by atoms with Gasteiger partial charge in [-0.3, -0.25) is 15.6 Å². The van der Waals surface area contributed by atoms with Crippen molar-refractivity contribution < 1.29 is 30.4 Å². The third kappa shape index (κ3) is 11.6. The minimum Gasteiger partial charge on any atom is -0.298 e. The van der Waals surface area contributed by atoms with Gasteiger partial charge < -0.3 is 0 Å². The highest BCUT2D eigenvalue weighted by molar-refractivity contribution is 7.91. The van der Waals surface area contributed by atoms with E-state index in [-0.39, 0.29) is 20.4 Å². The molecular weight excluding hydrogens is 643 g/mol. The lowest BCUT2D eigenvalue weighted by Crippen LogP contribution is -2.30. The summed E-state index contributed by atoms with van der Waals surface area (Å²) in [5.74, 6) is 3.52. The Morgan fingerprint density at radius 3 is 1.63 bits per heavy atom. The number of halogens is 4. The summed E-state index contributed by atoms with van der Waals surface area (Å²) >= 11 is 11.4. The molecular formula is C29H27Cl2F2N3O5S2. The highest BCUT2D eigenvalue weighted by atomic mass is 35.5. The van der Waals surface area contributed by atoms with Gasteiger partial charge in [0.1, 0.15) is 17.5 Å². The van der Waals surface area contributed by atoms with Gasteiger partial charge in [0, 0.05) is 22.4 Å². The molecule has 0 spiro atoms. The molecule has 8 nitrogen and oxygen atoms in total. The Balaban J connectivity index is 0.000000248. The van der Waals surface area contributed by atoms with E-state index in [2.05, 4.69) is 4.99 Å². The van der Waals surface area contributed by atoms with Crippen molar-refractivity contribution in [1.29, 1.82) is 0 Å². The van der Waals surface area contributed by atoms with Gasteiger partial charge in [0.05, 0.1) is 14.8 Å². The van der Waals surface area contributed by atoms with Crippen molar-refractivity contribution in [3.8, 4) is 0 Å². The summed E-state index contributed by atoms with van der Waals surface area (Å²) in [7, 11) is -6.99. The number of nitrogens with one attached hydrogen (secondary N) is 1. The van der Waals surface area contributed by atoms with Crippen LogP contribution in [-0.4, -0.2) is 35.2 Å². The maximum Gasteiger partial charge on any atom is 0.253 e. The van der Waals surface area contributed by atoms with Crippen molar-refractivity contribution in [1.82, 2.24) is 4.83 Å². The quantitative estimate of drug-likeness (QED) is 0.106. The molecule has 0 unspecified atom stereocenters. The molecule has 0 saturated carbocycles. The largest absolute Gasteiger partial charge is 0.298 e. The number of nitrogens with two attached hydrogens (primary N) is 1. The van der Waals surface area contributed by atoms with Crippen LogP contribution in [0.15, 0.2) is 99.7 Å². The molecule has 0 aromatic heterocycles. The molecule has 0 bridgehead atoms. The van der Waals surface area contributed by atoms with Gasteiger partial charge in [0.2, 0.25) is 0 Å². The molecule has 4 aromatic rings. The van der Waals surface area contributed by atoms with Crippen LogP contribution in [0.2, 0.25) is 10.0 Å². The van der Waals surface area contributed by atoms with Crippen LogP contribution in [0.5, 0.6) is 0 Å². The van der Waals surface area contributed by atoms with Crippen LogP contribution in [0.25, 0.3) is 0 Å². The summed E-state index contributed by atoms with van der Waals surface area (Å²) in [6.07, 6.45) is 1.78. The van der Waals surface area contributed by atoms with E-state index in [1.54, 1.807) is 29.1 Å². The van der Waals surface area contributed by atoms with E-state index in [0.717, 1.165) is 17.2 Å². The van der Waals surface area contributed by atoms with Gasteiger partial charge in [-0.1, -0.05) is 58.6 Å². The number of carbonyl (C=O) groups is 1. The van der Waals surface area contributed by atoms with Gasteiger partial charge in [-0.05, 0) is 74.5 Å². The van der Waals surface area contributed by atoms with Crippen LogP contribution in [0, 0.1) is 25.5 Å². The number of hydrogen-bond acceptors (Lipinski definition) is 7. The highest BCUT2D eigenvalue weighted by Gasteiger charge is 2.13. The smallest absolute Gasteiger partial charge is 0.253 e. The molecule has 3 N–H and O–H groups in total. The predicted molar refractivity (Wildman–Crippen MR) is 165 cm³/mol. The normalized spacial score (nSPS) is 11.2. The minimum atomic E-state index is -3.50. The monoisotopic (exact) mass is 669 g/mol. The average Bonchev–Trinajstić information content (AvgIpc) is 2.97. The molecule has 0 aliphatic heterocycles. The van der Waals surface area contributed by atoms with Crippen molar-refractivity contribution in [3.63, 3.8) is 0 Å². The van der Waals surface area contributed by atoms with Gasteiger partial charge in [-0.15, -0.1) is 0 Å². The van der Waals surface area contributed by atoms with Crippen molar-refractivity contribution in [2.45, 2.75) is 23.6 Å². The van der Waals surface area contributed by atoms with Crippen LogP contribution in [0.3, 0.4) is 0 Å². The Morgan fingerprint density at radius 1 is 0.744 bits per heavy atom. The molecule has 0 radical (unpaired) electrons. The Labute approximate surface area is 259 Å². The first-order valence-corrected chi connectivity index (χ1v) is 16.0. The number of hydrazine groups is 1. The number of carbonyl (C=O) groups excluding carboxylic acids is 1. The van der Waals surface area contributed by atoms with E-state index in [9.17, 15) is 30.4 Å². The van der Waals surface area contributed by atoms with Gasteiger partial charge in [-0.25, -0.2) is 25.6 Å². The van der Waals surface area contributed by atoms with Gasteiger partial charge >= 0.3 is 0 Å². The second-order valence-corrected chi connectivity index (χ2v) is 13.2. The molecule has 228 valence electrons. The van der Waals surface area contributed by atoms with Crippen LogP contribution in [0.1, 0.15) is 27.0 Å². The zero-order chi connectivity index (χ0) is 32.2. The number of aldehydes is 1. The lowest BCUT2D eigenvalue weighted by molar-refractivity contribution is 0.112. The fourth-order valence-electron chi connectivity index (χ4n) is 3.06. The van der Waals surface area contributed by atoms with Crippen molar-refractivity contribution in [2.24, 2.45) is 10.8 Å². The van der Waals surface area contributed by atoms with Crippen LogP contribution in [-0.2, 0) is 19.9 Å². The Kier molecular flexibility index (Phi) is 13.6. The number of sulfonamides is 1. The summed E-state index contributed by atoms with van der Waals surface area (Å²) in [5.41, 5.74) is 2.51. The lowest BCUT2D eigenvalue weighted by Gasteiger charge is -2.02. The first kappa shape index (κ1) is 35.7. The number of aliphatic imine (C=N–C) groups is 1. The second kappa shape index (κ2) is 16.4. The zero-order valence-electron chi connectivity index (χ0n) is 22.8. The van der Waals surface area contributed by atoms with Gasteiger partial charge in [0.15, 0.2) is 16.1 Å². The third-order valence-electron chi connectivity index (χ3n) is 5.38. The molecule has 0 saturated heterocycles. The Hall–Kier alpha value is -3.52. The first-order valence-electron chi connectivity index (χ1n) is 12.1. The van der Waals surface area contributed by atoms with E-state index in [0.29, 0.717) is 16.9 Å². The fraction of sp³-hybridized carbons (Fsp3) is 0.103. The molecule has 4 rings (SSSR count). The van der Waals surface area contributed by atoms with Gasteiger partial charge in [-0.2, -0.15) is 4.83 Å². The predicted octanol–water partition coefficient (Wildman–Crippen LogP) is 6.08. The fourth-order valence-corrected chi connectivity index (χ4v) is 4.99. The summed E-state index contributed by atoms with van der Waals surface area (Å²) in [6, 6.07) is 20.4. The molecule has 0 amide bonds. The molecule has 0 heterocycles. The maximum atomic E-state index is 13.1. The van der Waals surface area contributed by atoms with E-state index in [1.165, 1.54) is 60.8 Å². The molecule has 0 aliphatic rings. The van der Waals surface area contributed by atoms with Crippen molar-refractivity contribution in [2.75, 3.05) is 5.88 Å². The number of sulfone groups is 1.